The Morgan fingerprint density at radius 3 is 2.77 bits per heavy atom. The zero-order chi connectivity index (χ0) is 23.9. The topological polar surface area (TPSA) is 80.1 Å². The van der Waals surface area contributed by atoms with Gasteiger partial charge in [-0.15, -0.1) is 10.2 Å². The molecule has 6 rings (SSSR count). The Morgan fingerprint density at radius 2 is 1.86 bits per heavy atom. The van der Waals surface area contributed by atoms with Crippen LogP contribution >= 0.6 is 11.6 Å². The molecule has 2 aromatic carbocycles. The third-order valence-electron chi connectivity index (χ3n) is 7.48. The molecule has 0 saturated carbocycles. The highest BCUT2D eigenvalue weighted by Gasteiger charge is 2.35. The molecule has 3 aliphatic rings. The molecule has 1 unspecified atom stereocenters. The normalized spacial score (nSPS) is 19.4. The van der Waals surface area contributed by atoms with Crippen molar-refractivity contribution in [2.24, 2.45) is 5.92 Å². The Morgan fingerprint density at radius 1 is 0.971 bits per heavy atom. The summed E-state index contributed by atoms with van der Waals surface area (Å²) in [5, 5.41) is 12.2. The fourth-order valence-corrected chi connectivity index (χ4v) is 5.72. The molecule has 1 fully saturated rings. The maximum Gasteiger partial charge on any atom is 0.229 e. The van der Waals surface area contributed by atoms with Gasteiger partial charge in [0.15, 0.2) is 5.82 Å². The van der Waals surface area contributed by atoms with Crippen LogP contribution in [0, 0.1) is 5.92 Å². The van der Waals surface area contributed by atoms with Gasteiger partial charge in [0.05, 0.1) is 16.6 Å². The third-order valence-corrected chi connectivity index (χ3v) is 7.81. The number of rotatable bonds is 4. The Balaban J connectivity index is 1.19. The first-order chi connectivity index (χ1) is 17.1. The number of carbonyl (C=O) groups excluding carboxylic acids is 2. The molecule has 0 bridgehead atoms. The second-order valence-electron chi connectivity index (χ2n) is 9.80. The van der Waals surface area contributed by atoms with Crippen LogP contribution < -0.4 is 10.2 Å². The number of benzene rings is 2. The predicted molar refractivity (Wildman–Crippen MR) is 136 cm³/mol. The second kappa shape index (κ2) is 9.11. The van der Waals surface area contributed by atoms with Crippen molar-refractivity contribution in [2.75, 3.05) is 16.8 Å². The number of anilines is 2. The van der Waals surface area contributed by atoms with Crippen molar-refractivity contribution in [1.82, 2.24) is 14.8 Å². The van der Waals surface area contributed by atoms with Gasteiger partial charge >= 0.3 is 0 Å². The van der Waals surface area contributed by atoms with Gasteiger partial charge in [-0.3, -0.25) is 9.59 Å². The van der Waals surface area contributed by atoms with Crippen LogP contribution in [0.25, 0.3) is 11.4 Å². The summed E-state index contributed by atoms with van der Waals surface area (Å²) in [6.45, 7) is 1.27. The summed E-state index contributed by atoms with van der Waals surface area (Å²) in [6, 6.07) is 11.8. The lowest BCUT2D eigenvalue weighted by Gasteiger charge is -2.18. The van der Waals surface area contributed by atoms with Gasteiger partial charge in [-0.1, -0.05) is 24.1 Å². The first-order valence-corrected chi connectivity index (χ1v) is 12.9. The van der Waals surface area contributed by atoms with E-state index in [-0.39, 0.29) is 18.2 Å². The summed E-state index contributed by atoms with van der Waals surface area (Å²) in [7, 11) is 0. The minimum Gasteiger partial charge on any atom is -0.324 e. The van der Waals surface area contributed by atoms with E-state index in [0.717, 1.165) is 68.0 Å². The summed E-state index contributed by atoms with van der Waals surface area (Å²) in [5.74, 6) is 1.16. The number of amides is 2. The molecule has 8 heteroatoms. The molecule has 1 saturated heterocycles. The highest BCUT2D eigenvalue weighted by molar-refractivity contribution is 6.33. The molecule has 3 heterocycles. The van der Waals surface area contributed by atoms with Crippen LogP contribution in [0.5, 0.6) is 0 Å². The quantitative estimate of drug-likeness (QED) is 0.570. The second-order valence-corrected chi connectivity index (χ2v) is 10.2. The van der Waals surface area contributed by atoms with Crippen molar-refractivity contribution in [1.29, 1.82) is 0 Å². The van der Waals surface area contributed by atoms with E-state index in [4.69, 9.17) is 11.6 Å². The van der Waals surface area contributed by atoms with Crippen LogP contribution in [0.4, 0.5) is 11.4 Å². The summed E-state index contributed by atoms with van der Waals surface area (Å²) in [6.07, 6.45) is 7.86. The number of aromatic nitrogens is 3. The zero-order valence-electron chi connectivity index (χ0n) is 19.6. The first kappa shape index (κ1) is 22.3. The van der Waals surface area contributed by atoms with Crippen molar-refractivity contribution in [3.63, 3.8) is 0 Å². The van der Waals surface area contributed by atoms with E-state index in [1.54, 1.807) is 11.0 Å². The molecule has 1 aliphatic carbocycles. The molecule has 7 nitrogen and oxygen atoms in total. The Labute approximate surface area is 209 Å². The van der Waals surface area contributed by atoms with Crippen LogP contribution in [0.15, 0.2) is 36.4 Å². The monoisotopic (exact) mass is 489 g/mol. The van der Waals surface area contributed by atoms with Gasteiger partial charge in [0, 0.05) is 37.2 Å². The predicted octanol–water partition coefficient (Wildman–Crippen LogP) is 4.81. The highest BCUT2D eigenvalue weighted by Crippen LogP contribution is 2.33. The average molecular weight is 490 g/mol. The molecule has 1 atom stereocenters. The number of halogens is 1. The summed E-state index contributed by atoms with van der Waals surface area (Å²) in [4.78, 5) is 27.7. The van der Waals surface area contributed by atoms with Crippen LogP contribution in [0.1, 0.15) is 49.1 Å². The molecule has 35 heavy (non-hydrogen) atoms. The lowest BCUT2D eigenvalue weighted by atomic mass is 10.1. The highest BCUT2D eigenvalue weighted by atomic mass is 35.5. The van der Waals surface area contributed by atoms with Crippen LogP contribution in [0.2, 0.25) is 5.02 Å². The molecular formula is C27H28ClN5O2. The van der Waals surface area contributed by atoms with Crippen molar-refractivity contribution < 1.29 is 9.59 Å². The fourth-order valence-electron chi connectivity index (χ4n) is 5.55. The van der Waals surface area contributed by atoms with Crippen molar-refractivity contribution in [3.05, 3.63) is 58.4 Å². The molecule has 0 radical (unpaired) electrons. The minimum atomic E-state index is -0.431. The SMILES string of the molecule is O=C(Nc1cc(-c2nnc3n2CCCCC3)ccc1Cl)C1CC(=O)N(c2ccc3c(c2)CCC3)C1. The van der Waals surface area contributed by atoms with E-state index in [1.165, 1.54) is 17.5 Å². The summed E-state index contributed by atoms with van der Waals surface area (Å²) < 4.78 is 2.17. The number of hydrogen-bond acceptors (Lipinski definition) is 4. The Bertz CT molecular complexity index is 1320. The molecule has 180 valence electrons. The molecule has 2 aliphatic heterocycles. The van der Waals surface area contributed by atoms with Gasteiger partial charge in [0.1, 0.15) is 5.82 Å². The van der Waals surface area contributed by atoms with Crippen molar-refractivity contribution in [3.8, 4) is 11.4 Å². The van der Waals surface area contributed by atoms with E-state index >= 15 is 0 Å². The number of hydrogen-bond donors (Lipinski definition) is 1. The van der Waals surface area contributed by atoms with Gasteiger partial charge < -0.3 is 14.8 Å². The Kier molecular flexibility index (Phi) is 5.80. The number of aryl methyl sites for hydroxylation is 3. The number of fused-ring (bicyclic) bond motifs is 2. The standard InChI is InChI=1S/C27H28ClN5O2/c28-22-11-9-19(26-31-30-24-7-2-1-3-12-32(24)26)14-23(22)29-27(35)20-15-25(34)33(16-20)21-10-8-17-5-4-6-18(17)13-21/h8-11,13-14,20H,1-7,12,15-16H2,(H,29,35). The van der Waals surface area contributed by atoms with E-state index in [2.05, 4.69) is 32.2 Å². The largest absolute Gasteiger partial charge is 0.324 e. The van der Waals surface area contributed by atoms with E-state index in [1.807, 2.05) is 18.2 Å². The molecule has 1 N–H and O–H groups in total. The third kappa shape index (κ3) is 4.22. The Hall–Kier alpha value is -3.19. The lowest BCUT2D eigenvalue weighted by molar-refractivity contribution is -0.122. The van der Waals surface area contributed by atoms with Crippen LogP contribution in [0.3, 0.4) is 0 Å². The van der Waals surface area contributed by atoms with Crippen molar-refractivity contribution in [2.45, 2.75) is 57.9 Å². The molecule has 2 amide bonds. The minimum absolute atomic E-state index is 0.0194. The molecule has 1 aromatic heterocycles. The molecular weight excluding hydrogens is 462 g/mol. The number of nitrogens with zero attached hydrogens (tertiary/aromatic N) is 4. The first-order valence-electron chi connectivity index (χ1n) is 12.5. The smallest absolute Gasteiger partial charge is 0.229 e. The number of nitrogens with one attached hydrogen (secondary N) is 1. The van der Waals surface area contributed by atoms with Gasteiger partial charge in [-0.25, -0.2) is 0 Å². The van der Waals surface area contributed by atoms with Crippen molar-refractivity contribution >= 4 is 34.8 Å². The van der Waals surface area contributed by atoms with Gasteiger partial charge in [0.2, 0.25) is 11.8 Å². The van der Waals surface area contributed by atoms with E-state index in [0.29, 0.717) is 17.3 Å². The van der Waals surface area contributed by atoms with E-state index < -0.39 is 5.92 Å². The van der Waals surface area contributed by atoms with Crippen LogP contribution in [-0.4, -0.2) is 33.1 Å². The lowest BCUT2D eigenvalue weighted by Crippen LogP contribution is -2.28. The molecule has 3 aromatic rings. The molecule has 0 spiro atoms. The van der Waals surface area contributed by atoms with Gasteiger partial charge in [0.25, 0.3) is 0 Å². The number of carbonyl (C=O) groups is 2. The fraction of sp³-hybridized carbons (Fsp3) is 0.407. The zero-order valence-corrected chi connectivity index (χ0v) is 20.4. The maximum atomic E-state index is 13.2. The maximum absolute atomic E-state index is 13.2. The van der Waals surface area contributed by atoms with E-state index in [9.17, 15) is 9.59 Å². The average Bonchev–Trinajstić information content (AvgIpc) is 3.55. The van der Waals surface area contributed by atoms with Gasteiger partial charge in [-0.05, 0) is 73.6 Å². The van der Waals surface area contributed by atoms with Crippen LogP contribution in [-0.2, 0) is 35.4 Å². The summed E-state index contributed by atoms with van der Waals surface area (Å²) >= 11 is 6.45. The summed E-state index contributed by atoms with van der Waals surface area (Å²) in [5.41, 5.74) is 4.97. The van der Waals surface area contributed by atoms with Gasteiger partial charge in [-0.2, -0.15) is 0 Å².